The number of rotatable bonds is 1. The van der Waals surface area contributed by atoms with E-state index in [9.17, 15) is 13.2 Å². The molecule has 2 N–H and O–H groups in total. The molecule has 74 valence electrons. The lowest BCUT2D eigenvalue weighted by atomic mass is 10.3. The molecule has 4 nitrogen and oxygen atoms in total. The van der Waals surface area contributed by atoms with Gasteiger partial charge in [-0.15, -0.1) is 13.2 Å². The molecular formula is C7H4F3N3O. The van der Waals surface area contributed by atoms with Crippen molar-refractivity contribution in [3.63, 3.8) is 0 Å². The van der Waals surface area contributed by atoms with E-state index in [-0.39, 0.29) is 11.4 Å². The van der Waals surface area contributed by atoms with Crippen molar-refractivity contribution in [2.75, 3.05) is 5.73 Å². The summed E-state index contributed by atoms with van der Waals surface area (Å²) in [4.78, 5) is 3.24. The highest BCUT2D eigenvalue weighted by Gasteiger charge is 2.31. The van der Waals surface area contributed by atoms with E-state index in [1.54, 1.807) is 6.07 Å². The molecule has 1 rings (SSSR count). The molecule has 0 aromatic carbocycles. The summed E-state index contributed by atoms with van der Waals surface area (Å²) in [7, 11) is 0. The Labute approximate surface area is 76.7 Å². The number of nitriles is 1. The van der Waals surface area contributed by atoms with Gasteiger partial charge in [0.1, 0.15) is 11.9 Å². The molecule has 0 saturated carbocycles. The Bertz CT molecular complexity index is 383. The van der Waals surface area contributed by atoms with Crippen LogP contribution in [-0.2, 0) is 0 Å². The smallest absolute Gasteiger partial charge is 0.388 e. The molecule has 0 unspecified atom stereocenters. The number of aromatic nitrogens is 1. The molecule has 7 heteroatoms. The highest BCUT2D eigenvalue weighted by atomic mass is 19.4. The molecule has 0 amide bonds. The number of hydrogen-bond acceptors (Lipinski definition) is 4. The molecule has 0 aliphatic heterocycles. The van der Waals surface area contributed by atoms with Gasteiger partial charge in [-0.1, -0.05) is 0 Å². The first kappa shape index (κ1) is 10.1. The fourth-order valence-corrected chi connectivity index (χ4v) is 0.726. The molecule has 0 aliphatic rings. The third kappa shape index (κ3) is 2.52. The van der Waals surface area contributed by atoms with Crippen molar-refractivity contribution < 1.29 is 17.9 Å². The lowest BCUT2D eigenvalue weighted by Crippen LogP contribution is -2.18. The molecule has 14 heavy (non-hydrogen) atoms. The van der Waals surface area contributed by atoms with Crippen LogP contribution >= 0.6 is 0 Å². The Kier molecular flexibility index (Phi) is 2.47. The molecular weight excluding hydrogens is 199 g/mol. The Morgan fingerprint density at radius 3 is 2.50 bits per heavy atom. The maximum absolute atomic E-state index is 11.7. The molecule has 1 heterocycles. The largest absolute Gasteiger partial charge is 0.574 e. The van der Waals surface area contributed by atoms with E-state index in [0.717, 1.165) is 12.1 Å². The fourth-order valence-electron chi connectivity index (χ4n) is 0.726. The van der Waals surface area contributed by atoms with Crippen LogP contribution in [0.5, 0.6) is 5.88 Å². The molecule has 0 aliphatic carbocycles. The standard InChI is InChI=1S/C7H4F3N3O/c8-7(9,10)14-5-2-1-4(3-11)6(12)13-5/h1-2H,(H2,12,13). The highest BCUT2D eigenvalue weighted by molar-refractivity contribution is 5.49. The van der Waals surface area contributed by atoms with Gasteiger partial charge in [0.05, 0.1) is 5.56 Å². The van der Waals surface area contributed by atoms with Crippen molar-refractivity contribution in [3.05, 3.63) is 17.7 Å². The van der Waals surface area contributed by atoms with Crippen molar-refractivity contribution in [1.29, 1.82) is 5.26 Å². The van der Waals surface area contributed by atoms with Crippen molar-refractivity contribution in [3.8, 4) is 11.9 Å². The second kappa shape index (κ2) is 3.41. The molecule has 0 radical (unpaired) electrons. The summed E-state index contributed by atoms with van der Waals surface area (Å²) < 4.78 is 38.5. The molecule has 0 bridgehead atoms. The van der Waals surface area contributed by atoms with Crippen LogP contribution in [0.4, 0.5) is 19.0 Å². The number of nitrogen functional groups attached to an aromatic ring is 1. The van der Waals surface area contributed by atoms with Gasteiger partial charge in [0.25, 0.3) is 0 Å². The van der Waals surface area contributed by atoms with Gasteiger partial charge >= 0.3 is 6.36 Å². The number of halogens is 3. The number of anilines is 1. The summed E-state index contributed by atoms with van der Waals surface area (Å²) in [5.74, 6) is -0.983. The van der Waals surface area contributed by atoms with E-state index in [2.05, 4.69) is 9.72 Å². The van der Waals surface area contributed by atoms with Crippen LogP contribution in [0.2, 0.25) is 0 Å². The average Bonchev–Trinajstić information content (AvgIpc) is 2.01. The minimum atomic E-state index is -4.81. The van der Waals surface area contributed by atoms with Gasteiger partial charge in [0.15, 0.2) is 0 Å². The Hall–Kier alpha value is -1.97. The predicted octanol–water partition coefficient (Wildman–Crippen LogP) is 1.43. The van der Waals surface area contributed by atoms with Crippen LogP contribution in [0, 0.1) is 11.3 Å². The highest BCUT2D eigenvalue weighted by Crippen LogP contribution is 2.22. The van der Waals surface area contributed by atoms with Gasteiger partial charge in [0, 0.05) is 6.07 Å². The van der Waals surface area contributed by atoms with Gasteiger partial charge in [-0.2, -0.15) is 10.2 Å². The number of nitrogens with zero attached hydrogens (tertiary/aromatic N) is 2. The Balaban J connectivity index is 2.94. The maximum Gasteiger partial charge on any atom is 0.574 e. The maximum atomic E-state index is 11.7. The molecule has 0 fully saturated rings. The second-order valence-electron chi connectivity index (χ2n) is 2.24. The van der Waals surface area contributed by atoms with E-state index < -0.39 is 12.2 Å². The van der Waals surface area contributed by atoms with E-state index in [0.29, 0.717) is 0 Å². The Morgan fingerprint density at radius 1 is 1.43 bits per heavy atom. The minimum absolute atomic E-state index is 0.000440. The summed E-state index contributed by atoms with van der Waals surface area (Å²) in [5.41, 5.74) is 5.17. The Morgan fingerprint density at radius 2 is 2.07 bits per heavy atom. The number of alkyl halides is 3. The van der Waals surface area contributed by atoms with E-state index in [1.165, 1.54) is 0 Å². The van der Waals surface area contributed by atoms with Crippen LogP contribution in [0.25, 0.3) is 0 Å². The lowest BCUT2D eigenvalue weighted by molar-refractivity contribution is -0.276. The quantitative estimate of drug-likeness (QED) is 0.749. The summed E-state index contributed by atoms with van der Waals surface area (Å²) in [6.07, 6.45) is -4.81. The van der Waals surface area contributed by atoms with Crippen LogP contribution in [0.15, 0.2) is 12.1 Å². The first-order valence-corrected chi connectivity index (χ1v) is 3.35. The summed E-state index contributed by atoms with van der Waals surface area (Å²) in [5, 5.41) is 8.41. The van der Waals surface area contributed by atoms with Crippen LogP contribution in [-0.4, -0.2) is 11.3 Å². The van der Waals surface area contributed by atoms with Crippen LogP contribution in [0.1, 0.15) is 5.56 Å². The topological polar surface area (TPSA) is 71.9 Å². The van der Waals surface area contributed by atoms with Crippen LogP contribution in [0.3, 0.4) is 0 Å². The summed E-state index contributed by atoms with van der Waals surface area (Å²) in [6, 6.07) is 3.68. The van der Waals surface area contributed by atoms with Gasteiger partial charge in [-0.3, -0.25) is 0 Å². The van der Waals surface area contributed by atoms with Crippen LogP contribution < -0.4 is 10.5 Å². The lowest BCUT2D eigenvalue weighted by Gasteiger charge is -2.07. The van der Waals surface area contributed by atoms with Gasteiger partial charge in [0.2, 0.25) is 5.88 Å². The SMILES string of the molecule is N#Cc1ccc(OC(F)(F)F)nc1N. The van der Waals surface area contributed by atoms with Gasteiger partial charge < -0.3 is 10.5 Å². The third-order valence-corrected chi connectivity index (χ3v) is 1.24. The number of nitrogens with two attached hydrogens (primary N) is 1. The van der Waals surface area contributed by atoms with Gasteiger partial charge in [-0.05, 0) is 6.07 Å². The molecule has 1 aromatic heterocycles. The molecule has 1 aromatic rings. The van der Waals surface area contributed by atoms with Gasteiger partial charge in [-0.25, -0.2) is 0 Å². The zero-order chi connectivity index (χ0) is 10.8. The zero-order valence-electron chi connectivity index (χ0n) is 6.67. The molecule has 0 saturated heterocycles. The third-order valence-electron chi connectivity index (χ3n) is 1.24. The summed E-state index contributed by atoms with van der Waals surface area (Å²) in [6.45, 7) is 0. The first-order valence-electron chi connectivity index (χ1n) is 3.35. The van der Waals surface area contributed by atoms with E-state index >= 15 is 0 Å². The normalized spacial score (nSPS) is 10.7. The monoisotopic (exact) mass is 203 g/mol. The minimum Gasteiger partial charge on any atom is -0.388 e. The van der Waals surface area contributed by atoms with E-state index in [4.69, 9.17) is 11.0 Å². The molecule has 0 spiro atoms. The zero-order valence-corrected chi connectivity index (χ0v) is 6.67. The summed E-state index contributed by atoms with van der Waals surface area (Å²) >= 11 is 0. The number of pyridine rings is 1. The predicted molar refractivity (Wildman–Crippen MR) is 40.0 cm³/mol. The number of ether oxygens (including phenoxy) is 1. The molecule has 0 atom stereocenters. The first-order chi connectivity index (χ1) is 6.42. The van der Waals surface area contributed by atoms with Crippen molar-refractivity contribution in [2.45, 2.75) is 6.36 Å². The van der Waals surface area contributed by atoms with E-state index in [1.807, 2.05) is 0 Å². The van der Waals surface area contributed by atoms with Crippen molar-refractivity contribution >= 4 is 5.82 Å². The van der Waals surface area contributed by atoms with Crippen molar-refractivity contribution in [2.24, 2.45) is 0 Å². The number of hydrogen-bond donors (Lipinski definition) is 1. The average molecular weight is 203 g/mol. The second-order valence-corrected chi connectivity index (χ2v) is 2.24. The fraction of sp³-hybridized carbons (Fsp3) is 0.143. The van der Waals surface area contributed by atoms with Crippen molar-refractivity contribution in [1.82, 2.24) is 4.98 Å².